The molecule has 48 valence electrons. The van der Waals surface area contributed by atoms with Crippen LogP contribution in [0.4, 0.5) is 0 Å². The Morgan fingerprint density at radius 1 is 1.62 bits per heavy atom. The summed E-state index contributed by atoms with van der Waals surface area (Å²) in [4.78, 5) is 0. The second kappa shape index (κ2) is 2.49. The second-order valence-electron chi connectivity index (χ2n) is 2.85. The summed E-state index contributed by atoms with van der Waals surface area (Å²) in [5.74, 6) is 0.917. The van der Waals surface area contributed by atoms with Crippen LogP contribution in [-0.2, 0) is 0 Å². The highest BCUT2D eigenvalue weighted by molar-refractivity contribution is 4.77. The lowest BCUT2D eigenvalue weighted by Crippen LogP contribution is -2.19. The zero-order valence-electron chi connectivity index (χ0n) is 5.78. The third-order valence-electron chi connectivity index (χ3n) is 1.93. The highest BCUT2D eigenvalue weighted by atomic mass is 14.9. The Balaban J connectivity index is 2.22. The van der Waals surface area contributed by atoms with Crippen molar-refractivity contribution in [2.24, 2.45) is 5.92 Å². The van der Waals surface area contributed by atoms with Gasteiger partial charge >= 0.3 is 0 Å². The molecular weight excluding hydrogens is 98.1 g/mol. The van der Waals surface area contributed by atoms with Gasteiger partial charge in [-0.05, 0) is 25.3 Å². The molecule has 0 aromatic rings. The van der Waals surface area contributed by atoms with Crippen molar-refractivity contribution in [2.45, 2.75) is 32.7 Å². The van der Waals surface area contributed by atoms with Crippen LogP contribution in [0.25, 0.3) is 0 Å². The topological polar surface area (TPSA) is 12.0 Å². The van der Waals surface area contributed by atoms with Gasteiger partial charge in [-0.15, -0.1) is 0 Å². The van der Waals surface area contributed by atoms with Gasteiger partial charge in [-0.1, -0.05) is 13.8 Å². The molecule has 0 spiro atoms. The Bertz CT molecular complexity index is 70.8. The van der Waals surface area contributed by atoms with E-state index in [1.165, 1.54) is 19.4 Å². The molecule has 0 radical (unpaired) electrons. The maximum Gasteiger partial charge on any atom is 0.00675 e. The first-order valence-corrected chi connectivity index (χ1v) is 3.56. The monoisotopic (exact) mass is 113 g/mol. The van der Waals surface area contributed by atoms with E-state index in [-0.39, 0.29) is 0 Å². The minimum absolute atomic E-state index is 0.824. The standard InChI is InChI=1S/C7H15N/c1-3-7-4-6(2)5-8-7/h6-8H,3-5H2,1-2H3/t6-,7+/m1/s1. The molecule has 1 saturated heterocycles. The van der Waals surface area contributed by atoms with E-state index in [9.17, 15) is 0 Å². The molecule has 1 aliphatic heterocycles. The molecule has 1 aliphatic rings. The molecule has 1 heteroatoms. The van der Waals surface area contributed by atoms with E-state index < -0.39 is 0 Å². The molecule has 0 aliphatic carbocycles. The molecule has 1 N–H and O–H groups in total. The van der Waals surface area contributed by atoms with Gasteiger partial charge in [0.15, 0.2) is 0 Å². The van der Waals surface area contributed by atoms with Crippen molar-refractivity contribution in [2.75, 3.05) is 6.54 Å². The van der Waals surface area contributed by atoms with Crippen LogP contribution in [0.1, 0.15) is 26.7 Å². The summed E-state index contributed by atoms with van der Waals surface area (Å²) >= 11 is 0. The summed E-state index contributed by atoms with van der Waals surface area (Å²) < 4.78 is 0. The minimum Gasteiger partial charge on any atom is -0.314 e. The van der Waals surface area contributed by atoms with Crippen molar-refractivity contribution in [3.63, 3.8) is 0 Å². The SMILES string of the molecule is CC[C@H]1C[C@@H](C)CN1. The van der Waals surface area contributed by atoms with Crippen LogP contribution >= 0.6 is 0 Å². The molecule has 1 heterocycles. The van der Waals surface area contributed by atoms with Crippen LogP contribution < -0.4 is 5.32 Å². The lowest BCUT2D eigenvalue weighted by atomic mass is 10.1. The van der Waals surface area contributed by atoms with Gasteiger partial charge in [0, 0.05) is 6.04 Å². The fourth-order valence-electron chi connectivity index (χ4n) is 1.33. The maximum atomic E-state index is 3.46. The van der Waals surface area contributed by atoms with Gasteiger partial charge in [-0.3, -0.25) is 0 Å². The average molecular weight is 113 g/mol. The summed E-state index contributed by atoms with van der Waals surface area (Å²) in [6.45, 7) is 5.79. The highest BCUT2D eigenvalue weighted by Crippen LogP contribution is 2.14. The van der Waals surface area contributed by atoms with Crippen LogP contribution in [0.2, 0.25) is 0 Å². The highest BCUT2D eigenvalue weighted by Gasteiger charge is 2.17. The molecule has 0 amide bonds. The molecule has 0 aromatic heterocycles. The average Bonchev–Trinajstić information content (AvgIpc) is 2.14. The quantitative estimate of drug-likeness (QED) is 0.542. The molecule has 0 aromatic carbocycles. The Hall–Kier alpha value is -0.0400. The summed E-state index contributed by atoms with van der Waals surface area (Å²) in [6, 6.07) is 0.824. The van der Waals surface area contributed by atoms with Gasteiger partial charge in [-0.2, -0.15) is 0 Å². The van der Waals surface area contributed by atoms with Crippen LogP contribution in [0.5, 0.6) is 0 Å². The summed E-state index contributed by atoms with van der Waals surface area (Å²) in [7, 11) is 0. The number of hydrogen-bond donors (Lipinski definition) is 1. The van der Waals surface area contributed by atoms with E-state index in [2.05, 4.69) is 19.2 Å². The molecule has 1 rings (SSSR count). The van der Waals surface area contributed by atoms with Gasteiger partial charge in [0.1, 0.15) is 0 Å². The Kier molecular flexibility index (Phi) is 1.90. The van der Waals surface area contributed by atoms with E-state index in [0.717, 1.165) is 12.0 Å². The lowest BCUT2D eigenvalue weighted by molar-refractivity contribution is 0.568. The maximum absolute atomic E-state index is 3.46. The van der Waals surface area contributed by atoms with Gasteiger partial charge in [0.25, 0.3) is 0 Å². The largest absolute Gasteiger partial charge is 0.314 e. The van der Waals surface area contributed by atoms with E-state index in [4.69, 9.17) is 0 Å². The first kappa shape index (κ1) is 6.09. The smallest absolute Gasteiger partial charge is 0.00675 e. The zero-order valence-corrected chi connectivity index (χ0v) is 5.78. The number of rotatable bonds is 1. The van der Waals surface area contributed by atoms with Gasteiger partial charge in [-0.25, -0.2) is 0 Å². The fraction of sp³-hybridized carbons (Fsp3) is 1.00. The predicted octanol–water partition coefficient (Wildman–Crippen LogP) is 1.39. The van der Waals surface area contributed by atoms with Crippen molar-refractivity contribution in [3.05, 3.63) is 0 Å². The van der Waals surface area contributed by atoms with Gasteiger partial charge in [0.05, 0.1) is 0 Å². The van der Waals surface area contributed by atoms with Crippen LogP contribution in [0.15, 0.2) is 0 Å². The Morgan fingerprint density at radius 3 is 2.62 bits per heavy atom. The van der Waals surface area contributed by atoms with Crippen molar-refractivity contribution >= 4 is 0 Å². The van der Waals surface area contributed by atoms with Crippen molar-refractivity contribution in [1.82, 2.24) is 5.32 Å². The first-order chi connectivity index (χ1) is 3.83. The van der Waals surface area contributed by atoms with E-state index in [0.29, 0.717) is 0 Å². The summed E-state index contributed by atoms with van der Waals surface area (Å²) in [6.07, 6.45) is 2.68. The molecule has 1 fully saturated rings. The second-order valence-corrected chi connectivity index (χ2v) is 2.85. The first-order valence-electron chi connectivity index (χ1n) is 3.56. The van der Waals surface area contributed by atoms with Crippen molar-refractivity contribution < 1.29 is 0 Å². The van der Waals surface area contributed by atoms with Gasteiger partial charge in [0.2, 0.25) is 0 Å². The minimum atomic E-state index is 0.824. The summed E-state index contributed by atoms with van der Waals surface area (Å²) in [5, 5.41) is 3.46. The fourth-order valence-corrected chi connectivity index (χ4v) is 1.33. The third kappa shape index (κ3) is 1.22. The zero-order chi connectivity index (χ0) is 5.98. The van der Waals surface area contributed by atoms with Crippen LogP contribution in [0.3, 0.4) is 0 Å². The van der Waals surface area contributed by atoms with Crippen LogP contribution in [0, 0.1) is 5.92 Å². The van der Waals surface area contributed by atoms with E-state index >= 15 is 0 Å². The predicted molar refractivity (Wildman–Crippen MR) is 35.9 cm³/mol. The number of nitrogens with one attached hydrogen (secondary N) is 1. The molecule has 1 nitrogen and oxygen atoms in total. The molecule has 0 unspecified atom stereocenters. The Labute approximate surface area is 51.5 Å². The molecular formula is C7H15N. The lowest BCUT2D eigenvalue weighted by Gasteiger charge is -2.02. The molecule has 0 bridgehead atoms. The van der Waals surface area contributed by atoms with Crippen LogP contribution in [-0.4, -0.2) is 12.6 Å². The number of hydrogen-bond acceptors (Lipinski definition) is 1. The summed E-state index contributed by atoms with van der Waals surface area (Å²) in [5.41, 5.74) is 0. The normalized spacial score (nSPS) is 38.2. The van der Waals surface area contributed by atoms with Crippen molar-refractivity contribution in [3.8, 4) is 0 Å². The molecule has 0 saturated carbocycles. The van der Waals surface area contributed by atoms with Gasteiger partial charge < -0.3 is 5.32 Å². The Morgan fingerprint density at radius 2 is 2.38 bits per heavy atom. The third-order valence-corrected chi connectivity index (χ3v) is 1.93. The molecule has 2 atom stereocenters. The van der Waals surface area contributed by atoms with E-state index in [1.807, 2.05) is 0 Å². The van der Waals surface area contributed by atoms with E-state index in [1.54, 1.807) is 0 Å². The molecule has 8 heavy (non-hydrogen) atoms. The van der Waals surface area contributed by atoms with Crippen molar-refractivity contribution in [1.29, 1.82) is 0 Å².